The fourth-order valence-corrected chi connectivity index (χ4v) is 2.74. The normalized spacial score (nSPS) is 10.2. The molecule has 2 rings (SSSR count). The highest BCUT2D eigenvalue weighted by Crippen LogP contribution is 2.34. The summed E-state index contributed by atoms with van der Waals surface area (Å²) in [6.45, 7) is 4.19. The number of nitrogens with one attached hydrogen (secondary N) is 1. The minimum atomic E-state index is 0.723. The number of pyridine rings is 1. The van der Waals surface area contributed by atoms with Gasteiger partial charge in [-0.3, -0.25) is 4.98 Å². The maximum Gasteiger partial charge on any atom is 0.0418 e. The number of rotatable bonds is 3. The Morgan fingerprint density at radius 2 is 1.95 bits per heavy atom. The Kier molecular flexibility index (Phi) is 4.84. The van der Waals surface area contributed by atoms with Gasteiger partial charge in [0, 0.05) is 45.8 Å². The van der Waals surface area contributed by atoms with E-state index in [0.29, 0.717) is 0 Å². The largest absolute Gasteiger partial charge is 0.388 e. The van der Waals surface area contributed by atoms with Gasteiger partial charge >= 0.3 is 0 Å². The summed E-state index contributed by atoms with van der Waals surface area (Å²) in [5, 5.41) is 3.94. The molecule has 4 heteroatoms. The van der Waals surface area contributed by atoms with Crippen molar-refractivity contribution in [2.75, 3.05) is 12.4 Å². The number of nitrogens with zero attached hydrogens (tertiary/aromatic N) is 1. The minimum Gasteiger partial charge on any atom is -0.388 e. The predicted octanol–water partition coefficient (Wildman–Crippen LogP) is 5.38. The van der Waals surface area contributed by atoms with Crippen LogP contribution in [0, 0.1) is 0 Å². The van der Waals surface area contributed by atoms with E-state index in [4.69, 9.17) is 11.6 Å². The third kappa shape index (κ3) is 3.22. The predicted molar refractivity (Wildman–Crippen MR) is 90.3 cm³/mol. The van der Waals surface area contributed by atoms with Gasteiger partial charge in [-0.1, -0.05) is 17.2 Å². The molecule has 0 aliphatic heterocycles. The number of hydrogen-bond donors (Lipinski definition) is 1. The first-order chi connectivity index (χ1) is 9.52. The quantitative estimate of drug-likeness (QED) is 0.803. The number of anilines is 1. The summed E-state index contributed by atoms with van der Waals surface area (Å²) in [5.74, 6) is 0. The number of benzene rings is 1. The molecular formula is C16H16BrClN2. The van der Waals surface area contributed by atoms with E-state index in [9.17, 15) is 0 Å². The lowest BCUT2D eigenvalue weighted by molar-refractivity contribution is 1.27. The molecule has 2 nitrogen and oxygen atoms in total. The SMILES string of the molecule is CNc1ccc(Cl)cc1C(=C(C)C)c1cncc(Br)c1. The average molecular weight is 352 g/mol. The van der Waals surface area contributed by atoms with Gasteiger partial charge in [-0.2, -0.15) is 0 Å². The van der Waals surface area contributed by atoms with Crippen LogP contribution in [0.2, 0.25) is 5.02 Å². The van der Waals surface area contributed by atoms with Crippen LogP contribution in [0.1, 0.15) is 25.0 Å². The van der Waals surface area contributed by atoms with Crippen LogP contribution in [0.5, 0.6) is 0 Å². The fourth-order valence-electron chi connectivity index (χ4n) is 2.20. The molecule has 1 N–H and O–H groups in total. The lowest BCUT2D eigenvalue weighted by Crippen LogP contribution is -1.98. The third-order valence-electron chi connectivity index (χ3n) is 3.01. The molecule has 1 heterocycles. The van der Waals surface area contributed by atoms with Gasteiger partial charge in [0.15, 0.2) is 0 Å². The van der Waals surface area contributed by atoms with Crippen molar-refractivity contribution in [2.45, 2.75) is 13.8 Å². The van der Waals surface area contributed by atoms with Gasteiger partial charge in [0.2, 0.25) is 0 Å². The highest BCUT2D eigenvalue weighted by atomic mass is 79.9. The van der Waals surface area contributed by atoms with Crippen LogP contribution >= 0.6 is 27.5 Å². The van der Waals surface area contributed by atoms with Gasteiger partial charge in [0.25, 0.3) is 0 Å². The molecule has 0 saturated heterocycles. The van der Waals surface area contributed by atoms with Crippen molar-refractivity contribution in [1.82, 2.24) is 4.98 Å². The molecule has 0 bridgehead atoms. The summed E-state index contributed by atoms with van der Waals surface area (Å²) in [6.07, 6.45) is 3.65. The fraction of sp³-hybridized carbons (Fsp3) is 0.188. The summed E-state index contributed by atoms with van der Waals surface area (Å²) >= 11 is 9.64. The summed E-state index contributed by atoms with van der Waals surface area (Å²) in [5.41, 5.74) is 5.55. The Hall–Kier alpha value is -1.32. The Morgan fingerprint density at radius 1 is 1.20 bits per heavy atom. The van der Waals surface area contributed by atoms with Gasteiger partial charge in [0.1, 0.15) is 0 Å². The zero-order chi connectivity index (χ0) is 14.7. The summed E-state index contributed by atoms with van der Waals surface area (Å²) in [7, 11) is 1.91. The van der Waals surface area contributed by atoms with Gasteiger partial charge < -0.3 is 5.32 Å². The number of allylic oxidation sites excluding steroid dienone is 1. The molecular weight excluding hydrogens is 336 g/mol. The number of hydrogen-bond acceptors (Lipinski definition) is 2. The van der Waals surface area contributed by atoms with Crippen molar-refractivity contribution >= 4 is 38.8 Å². The highest BCUT2D eigenvalue weighted by Gasteiger charge is 2.12. The van der Waals surface area contributed by atoms with E-state index in [-0.39, 0.29) is 0 Å². The van der Waals surface area contributed by atoms with Crippen molar-refractivity contribution in [3.8, 4) is 0 Å². The minimum absolute atomic E-state index is 0.723. The second-order valence-electron chi connectivity index (χ2n) is 4.71. The van der Waals surface area contributed by atoms with Crippen LogP contribution in [0.3, 0.4) is 0 Å². The molecule has 0 amide bonds. The van der Waals surface area contributed by atoms with Crippen molar-refractivity contribution in [1.29, 1.82) is 0 Å². The molecule has 1 aromatic heterocycles. The molecule has 1 aromatic carbocycles. The molecule has 104 valence electrons. The molecule has 0 aliphatic carbocycles. The number of aromatic nitrogens is 1. The topological polar surface area (TPSA) is 24.9 Å². The van der Waals surface area contributed by atoms with Crippen molar-refractivity contribution < 1.29 is 0 Å². The smallest absolute Gasteiger partial charge is 0.0418 e. The zero-order valence-corrected chi connectivity index (χ0v) is 14.0. The first-order valence-corrected chi connectivity index (χ1v) is 7.46. The van der Waals surface area contributed by atoms with Crippen LogP contribution in [0.15, 0.2) is 46.7 Å². The second-order valence-corrected chi connectivity index (χ2v) is 6.06. The van der Waals surface area contributed by atoms with Crippen LogP contribution < -0.4 is 5.32 Å². The standard InChI is InChI=1S/C16H16BrClN2/c1-10(2)16(11-6-12(17)9-20-8-11)14-7-13(18)4-5-15(14)19-3/h4-9,19H,1-3H3. The summed E-state index contributed by atoms with van der Waals surface area (Å²) < 4.78 is 0.960. The molecule has 0 fully saturated rings. The monoisotopic (exact) mass is 350 g/mol. The molecule has 0 atom stereocenters. The lowest BCUT2D eigenvalue weighted by Gasteiger charge is -2.16. The zero-order valence-electron chi connectivity index (χ0n) is 11.7. The molecule has 0 aliphatic rings. The maximum absolute atomic E-state index is 6.17. The number of halogens is 2. The van der Waals surface area contributed by atoms with Gasteiger partial charge in [-0.25, -0.2) is 0 Å². The van der Waals surface area contributed by atoms with Gasteiger partial charge in [-0.15, -0.1) is 0 Å². The Labute approximate surface area is 133 Å². The first kappa shape index (κ1) is 15.1. The summed E-state index contributed by atoms with van der Waals surface area (Å²) in [6, 6.07) is 7.93. The van der Waals surface area contributed by atoms with Crippen LogP contribution in [0.25, 0.3) is 5.57 Å². The van der Waals surface area contributed by atoms with Crippen molar-refractivity contribution in [3.63, 3.8) is 0 Å². The summed E-state index contributed by atoms with van der Waals surface area (Å²) in [4.78, 5) is 4.26. The maximum atomic E-state index is 6.17. The van der Waals surface area contributed by atoms with E-state index < -0.39 is 0 Å². The van der Waals surface area contributed by atoms with Crippen LogP contribution in [0.4, 0.5) is 5.69 Å². The van der Waals surface area contributed by atoms with Crippen LogP contribution in [-0.4, -0.2) is 12.0 Å². The van der Waals surface area contributed by atoms with E-state index in [1.807, 2.05) is 31.4 Å². The van der Waals surface area contributed by atoms with E-state index >= 15 is 0 Å². The van der Waals surface area contributed by atoms with E-state index in [1.165, 1.54) is 5.57 Å². The first-order valence-electron chi connectivity index (χ1n) is 6.29. The second kappa shape index (κ2) is 6.42. The molecule has 20 heavy (non-hydrogen) atoms. The molecule has 0 saturated carbocycles. The van der Waals surface area contributed by atoms with E-state index in [0.717, 1.165) is 31.9 Å². The van der Waals surface area contributed by atoms with Gasteiger partial charge in [-0.05, 0) is 59.6 Å². The molecule has 0 unspecified atom stereocenters. The highest BCUT2D eigenvalue weighted by molar-refractivity contribution is 9.10. The van der Waals surface area contributed by atoms with Crippen molar-refractivity contribution in [3.05, 3.63) is 62.9 Å². The Balaban J connectivity index is 2.68. The molecule has 0 radical (unpaired) electrons. The lowest BCUT2D eigenvalue weighted by atomic mass is 9.94. The Bertz CT molecular complexity index is 661. The van der Waals surface area contributed by atoms with Crippen molar-refractivity contribution in [2.24, 2.45) is 0 Å². The Morgan fingerprint density at radius 3 is 2.55 bits per heavy atom. The average Bonchev–Trinajstić information content (AvgIpc) is 2.39. The molecule has 2 aromatic rings. The van der Waals surface area contributed by atoms with E-state index in [1.54, 1.807) is 6.20 Å². The third-order valence-corrected chi connectivity index (χ3v) is 3.68. The van der Waals surface area contributed by atoms with E-state index in [2.05, 4.69) is 46.1 Å². The van der Waals surface area contributed by atoms with Crippen LogP contribution in [-0.2, 0) is 0 Å². The van der Waals surface area contributed by atoms with Gasteiger partial charge in [0.05, 0.1) is 0 Å². The molecule has 0 spiro atoms.